The van der Waals surface area contributed by atoms with Gasteiger partial charge in [-0.05, 0) is 42.5 Å². The van der Waals surface area contributed by atoms with Crippen LogP contribution in [0.25, 0.3) is 5.69 Å². The van der Waals surface area contributed by atoms with Crippen molar-refractivity contribution in [1.82, 2.24) is 15.0 Å². The molecule has 0 radical (unpaired) electrons. The highest BCUT2D eigenvalue weighted by atomic mass is 19.4. The number of anilines is 1. The van der Waals surface area contributed by atoms with Gasteiger partial charge in [0.05, 0.1) is 29.6 Å². The minimum atomic E-state index is -4.39. The summed E-state index contributed by atoms with van der Waals surface area (Å²) in [6.45, 7) is 0.281. The van der Waals surface area contributed by atoms with E-state index < -0.39 is 17.7 Å². The van der Waals surface area contributed by atoms with Crippen LogP contribution in [0.15, 0.2) is 54.7 Å². The fourth-order valence-electron chi connectivity index (χ4n) is 2.26. The number of benzene rings is 2. The van der Waals surface area contributed by atoms with Crippen molar-refractivity contribution in [2.75, 3.05) is 5.32 Å². The summed E-state index contributed by atoms with van der Waals surface area (Å²) in [5.41, 5.74) is 1.02. The molecule has 3 aromatic rings. The normalized spacial score (nSPS) is 11.3. The number of nitrogens with zero attached hydrogens (tertiary/aromatic N) is 3. The summed E-state index contributed by atoms with van der Waals surface area (Å²) >= 11 is 0. The molecular formula is C17H13F3N4O2. The quantitative estimate of drug-likeness (QED) is 0.725. The molecule has 2 aromatic carbocycles. The fraction of sp³-hybridized carbons (Fsp3) is 0.118. The second-order valence-corrected chi connectivity index (χ2v) is 5.44. The second-order valence-electron chi connectivity index (χ2n) is 5.44. The summed E-state index contributed by atoms with van der Waals surface area (Å²) in [6.07, 6.45) is -2.81. The van der Waals surface area contributed by atoms with E-state index in [2.05, 4.69) is 15.6 Å². The molecule has 0 aliphatic carbocycles. The van der Waals surface area contributed by atoms with Crippen LogP contribution in [-0.2, 0) is 12.7 Å². The summed E-state index contributed by atoms with van der Waals surface area (Å²) in [7, 11) is 0. The van der Waals surface area contributed by atoms with Gasteiger partial charge in [-0.15, -0.1) is 5.10 Å². The average Bonchev–Trinajstić information content (AvgIpc) is 3.08. The number of aromatic nitrogens is 3. The summed E-state index contributed by atoms with van der Waals surface area (Å²) in [4.78, 5) is 10.9. The first kappa shape index (κ1) is 17.5. The number of hydrogen-bond acceptors (Lipinski definition) is 4. The molecule has 0 aliphatic rings. The van der Waals surface area contributed by atoms with E-state index in [1.54, 1.807) is 18.3 Å². The third kappa shape index (κ3) is 4.00. The van der Waals surface area contributed by atoms with Crippen LogP contribution in [0.3, 0.4) is 0 Å². The molecule has 9 heteroatoms. The van der Waals surface area contributed by atoms with Gasteiger partial charge in [-0.2, -0.15) is 13.2 Å². The predicted molar refractivity (Wildman–Crippen MR) is 87.1 cm³/mol. The van der Waals surface area contributed by atoms with E-state index in [1.807, 2.05) is 0 Å². The SMILES string of the molecule is O=C(O)c1cccc(NCc2cn(-c3ccc(C(F)(F)F)cc3)nn2)c1. The van der Waals surface area contributed by atoms with E-state index in [9.17, 15) is 18.0 Å². The van der Waals surface area contributed by atoms with Crippen LogP contribution in [-0.4, -0.2) is 26.1 Å². The van der Waals surface area contributed by atoms with Crippen LogP contribution >= 0.6 is 0 Å². The van der Waals surface area contributed by atoms with Crippen LogP contribution in [0, 0.1) is 0 Å². The zero-order valence-corrected chi connectivity index (χ0v) is 13.2. The lowest BCUT2D eigenvalue weighted by Crippen LogP contribution is -2.05. The summed E-state index contributed by atoms with van der Waals surface area (Å²) in [5, 5.41) is 19.8. The van der Waals surface area contributed by atoms with Gasteiger partial charge in [-0.1, -0.05) is 11.3 Å². The Balaban J connectivity index is 1.68. The molecule has 2 N–H and O–H groups in total. The van der Waals surface area contributed by atoms with Crippen molar-refractivity contribution < 1.29 is 23.1 Å². The number of nitrogens with one attached hydrogen (secondary N) is 1. The van der Waals surface area contributed by atoms with Gasteiger partial charge in [-0.25, -0.2) is 9.48 Å². The van der Waals surface area contributed by atoms with Crippen LogP contribution in [0.1, 0.15) is 21.6 Å². The highest BCUT2D eigenvalue weighted by Crippen LogP contribution is 2.29. The molecule has 0 saturated heterocycles. The number of alkyl halides is 3. The first-order chi connectivity index (χ1) is 12.3. The zero-order chi connectivity index (χ0) is 18.7. The van der Waals surface area contributed by atoms with E-state index in [-0.39, 0.29) is 12.1 Å². The van der Waals surface area contributed by atoms with Crippen molar-refractivity contribution >= 4 is 11.7 Å². The number of rotatable bonds is 5. The summed E-state index contributed by atoms with van der Waals surface area (Å²) in [6, 6.07) is 10.9. The minimum Gasteiger partial charge on any atom is -0.478 e. The monoisotopic (exact) mass is 362 g/mol. The molecule has 134 valence electrons. The molecule has 1 aromatic heterocycles. The molecule has 6 nitrogen and oxygen atoms in total. The van der Waals surface area contributed by atoms with Crippen LogP contribution in [0.5, 0.6) is 0 Å². The lowest BCUT2D eigenvalue weighted by molar-refractivity contribution is -0.137. The number of carbonyl (C=O) groups is 1. The van der Waals surface area contributed by atoms with E-state index in [0.717, 1.165) is 12.1 Å². The average molecular weight is 362 g/mol. The van der Waals surface area contributed by atoms with Crippen molar-refractivity contribution in [3.05, 3.63) is 71.5 Å². The Morgan fingerprint density at radius 1 is 1.15 bits per heavy atom. The molecule has 0 fully saturated rings. The Labute approximate surface area is 145 Å². The van der Waals surface area contributed by atoms with E-state index in [4.69, 9.17) is 5.11 Å². The molecule has 0 bridgehead atoms. The lowest BCUT2D eigenvalue weighted by Gasteiger charge is -2.07. The predicted octanol–water partition coefficient (Wildman–Crippen LogP) is 3.60. The number of aromatic carboxylic acids is 1. The molecule has 0 atom stereocenters. The smallest absolute Gasteiger partial charge is 0.416 e. The molecule has 0 aliphatic heterocycles. The number of carboxylic acid groups (broad SMARTS) is 1. The van der Waals surface area contributed by atoms with Gasteiger partial charge in [0.15, 0.2) is 0 Å². The highest BCUT2D eigenvalue weighted by Gasteiger charge is 2.30. The van der Waals surface area contributed by atoms with Gasteiger partial charge in [0.1, 0.15) is 5.69 Å². The second kappa shape index (κ2) is 6.87. The van der Waals surface area contributed by atoms with E-state index in [1.165, 1.54) is 28.9 Å². The van der Waals surface area contributed by atoms with Crippen molar-refractivity contribution in [2.24, 2.45) is 0 Å². The Kier molecular flexibility index (Phi) is 4.61. The third-order valence-electron chi connectivity index (χ3n) is 3.58. The Morgan fingerprint density at radius 2 is 1.88 bits per heavy atom. The molecule has 26 heavy (non-hydrogen) atoms. The van der Waals surface area contributed by atoms with Crippen molar-refractivity contribution in [3.63, 3.8) is 0 Å². The maximum Gasteiger partial charge on any atom is 0.416 e. The minimum absolute atomic E-state index is 0.156. The number of carboxylic acids is 1. The number of halogens is 3. The first-order valence-corrected chi connectivity index (χ1v) is 7.49. The fourth-order valence-corrected chi connectivity index (χ4v) is 2.26. The maximum atomic E-state index is 12.6. The van der Waals surface area contributed by atoms with Crippen molar-refractivity contribution in [1.29, 1.82) is 0 Å². The zero-order valence-electron chi connectivity index (χ0n) is 13.2. The first-order valence-electron chi connectivity index (χ1n) is 7.49. The molecule has 1 heterocycles. The van der Waals surface area contributed by atoms with Crippen LogP contribution in [0.2, 0.25) is 0 Å². The Bertz CT molecular complexity index is 920. The standard InChI is InChI=1S/C17H13F3N4O2/c18-17(19,20)12-4-6-15(7-5-12)24-10-14(22-23-24)9-21-13-3-1-2-11(8-13)16(25)26/h1-8,10,21H,9H2,(H,25,26). The van der Waals surface area contributed by atoms with Gasteiger partial charge in [0.2, 0.25) is 0 Å². The molecular weight excluding hydrogens is 349 g/mol. The van der Waals surface area contributed by atoms with Crippen molar-refractivity contribution in [2.45, 2.75) is 12.7 Å². The summed E-state index contributed by atoms with van der Waals surface area (Å²) in [5.74, 6) is -1.03. The molecule has 3 rings (SSSR count). The Morgan fingerprint density at radius 3 is 2.54 bits per heavy atom. The molecule has 0 unspecified atom stereocenters. The third-order valence-corrected chi connectivity index (χ3v) is 3.58. The topological polar surface area (TPSA) is 80.0 Å². The van der Waals surface area contributed by atoms with Gasteiger partial charge in [0.25, 0.3) is 0 Å². The molecule has 0 spiro atoms. The van der Waals surface area contributed by atoms with Gasteiger partial charge >= 0.3 is 12.1 Å². The summed E-state index contributed by atoms with van der Waals surface area (Å²) < 4.78 is 39.1. The van der Waals surface area contributed by atoms with Gasteiger partial charge < -0.3 is 10.4 Å². The van der Waals surface area contributed by atoms with Crippen LogP contribution < -0.4 is 5.32 Å². The van der Waals surface area contributed by atoms with E-state index >= 15 is 0 Å². The molecule has 0 amide bonds. The van der Waals surface area contributed by atoms with Gasteiger partial charge in [0, 0.05) is 5.69 Å². The van der Waals surface area contributed by atoms with Crippen molar-refractivity contribution in [3.8, 4) is 5.69 Å². The lowest BCUT2D eigenvalue weighted by atomic mass is 10.2. The Hall–Kier alpha value is -3.36. The van der Waals surface area contributed by atoms with E-state index in [0.29, 0.717) is 17.1 Å². The largest absolute Gasteiger partial charge is 0.478 e. The van der Waals surface area contributed by atoms with Crippen LogP contribution in [0.4, 0.5) is 18.9 Å². The molecule has 0 saturated carbocycles. The highest BCUT2D eigenvalue weighted by molar-refractivity contribution is 5.88. The van der Waals surface area contributed by atoms with Gasteiger partial charge in [-0.3, -0.25) is 0 Å². The maximum absolute atomic E-state index is 12.6. The number of hydrogen-bond donors (Lipinski definition) is 2.